The largest absolute Gasteiger partial charge is 0.362 e. The maximum Gasteiger partial charge on any atom is 0.224 e. The van der Waals surface area contributed by atoms with Gasteiger partial charge in [0, 0.05) is 18.9 Å². The van der Waals surface area contributed by atoms with Crippen LogP contribution in [0.4, 0.5) is 5.13 Å². The van der Waals surface area contributed by atoms with E-state index < -0.39 is 0 Å². The molecule has 1 saturated carbocycles. The van der Waals surface area contributed by atoms with Gasteiger partial charge in [0.1, 0.15) is 5.69 Å². The fraction of sp³-hybridized carbons (Fsp3) is 0.556. The number of aryl methyl sites for hydroxylation is 1. The molecule has 0 spiro atoms. The van der Waals surface area contributed by atoms with Crippen molar-refractivity contribution in [2.75, 3.05) is 11.9 Å². The van der Waals surface area contributed by atoms with Crippen LogP contribution < -0.4 is 5.32 Å². The molecule has 128 valence electrons. The number of nitrogens with one attached hydrogen (secondary N) is 1. The Morgan fingerprint density at radius 3 is 2.79 bits per heavy atom. The summed E-state index contributed by atoms with van der Waals surface area (Å²) >= 11 is 1.39. The van der Waals surface area contributed by atoms with E-state index in [1.165, 1.54) is 49.9 Å². The van der Waals surface area contributed by atoms with Gasteiger partial charge in [-0.2, -0.15) is 0 Å². The normalized spacial score (nSPS) is 15.4. The molecule has 2 aromatic rings. The van der Waals surface area contributed by atoms with Gasteiger partial charge in [-0.15, -0.1) is 0 Å². The summed E-state index contributed by atoms with van der Waals surface area (Å²) in [5.74, 6) is 0.807. The van der Waals surface area contributed by atoms with Crippen LogP contribution in [0.15, 0.2) is 18.6 Å². The van der Waals surface area contributed by atoms with Crippen molar-refractivity contribution < 1.29 is 4.79 Å². The first kappa shape index (κ1) is 17.0. The molecule has 0 saturated heterocycles. The van der Waals surface area contributed by atoms with Crippen LogP contribution in [0.2, 0.25) is 0 Å². The lowest BCUT2D eigenvalue weighted by atomic mass is 9.86. The molecule has 1 N–H and O–H groups in total. The highest BCUT2D eigenvalue weighted by atomic mass is 32.1. The molecule has 0 atom stereocenters. The number of carbonyl (C=O) groups is 1. The molecule has 24 heavy (non-hydrogen) atoms. The second-order valence-corrected chi connectivity index (χ2v) is 7.45. The highest BCUT2D eigenvalue weighted by molar-refractivity contribution is 7.17. The molecule has 6 heteroatoms. The number of carbonyl (C=O) groups excluding carboxylic acids is 1. The Morgan fingerprint density at radius 2 is 2.00 bits per heavy atom. The summed E-state index contributed by atoms with van der Waals surface area (Å²) in [6, 6.07) is 0. The first-order valence-corrected chi connectivity index (χ1v) is 9.57. The molecule has 0 amide bonds. The van der Waals surface area contributed by atoms with Crippen LogP contribution in [0.3, 0.4) is 0 Å². The van der Waals surface area contributed by atoms with Crippen LogP contribution in [-0.2, 0) is 0 Å². The molecule has 1 aliphatic rings. The lowest BCUT2D eigenvalue weighted by molar-refractivity contribution is 0.103. The van der Waals surface area contributed by atoms with Gasteiger partial charge in [0.15, 0.2) is 5.13 Å². The Morgan fingerprint density at radius 1 is 1.21 bits per heavy atom. The molecule has 0 unspecified atom stereocenters. The first-order chi connectivity index (χ1) is 11.7. The minimum absolute atomic E-state index is 0.103. The van der Waals surface area contributed by atoms with Crippen LogP contribution in [0, 0.1) is 12.8 Å². The highest BCUT2D eigenvalue weighted by Crippen LogP contribution is 2.27. The van der Waals surface area contributed by atoms with E-state index in [-0.39, 0.29) is 5.78 Å². The maximum atomic E-state index is 12.5. The van der Waals surface area contributed by atoms with Gasteiger partial charge in [-0.05, 0) is 25.7 Å². The number of aromatic nitrogens is 3. The molecule has 2 heterocycles. The zero-order valence-electron chi connectivity index (χ0n) is 14.1. The molecule has 0 bridgehead atoms. The SMILES string of the molecule is Cc1nccnc1C(=O)c1cnc(NCCCC2CCCCC2)s1. The van der Waals surface area contributed by atoms with E-state index >= 15 is 0 Å². The van der Waals surface area contributed by atoms with Gasteiger partial charge in [-0.3, -0.25) is 9.78 Å². The monoisotopic (exact) mass is 344 g/mol. The summed E-state index contributed by atoms with van der Waals surface area (Å²) in [5.41, 5.74) is 1.06. The molecule has 0 radical (unpaired) electrons. The second kappa shape index (κ2) is 8.33. The first-order valence-electron chi connectivity index (χ1n) is 8.76. The molecule has 2 aromatic heterocycles. The van der Waals surface area contributed by atoms with Gasteiger partial charge in [0.25, 0.3) is 0 Å². The zero-order chi connectivity index (χ0) is 16.8. The van der Waals surface area contributed by atoms with Crippen molar-refractivity contribution in [3.8, 4) is 0 Å². The van der Waals surface area contributed by atoms with Crippen molar-refractivity contribution >= 4 is 22.3 Å². The predicted molar refractivity (Wildman–Crippen MR) is 96.6 cm³/mol. The Labute approximate surface area is 147 Å². The van der Waals surface area contributed by atoms with Crippen LogP contribution in [0.5, 0.6) is 0 Å². The lowest BCUT2D eigenvalue weighted by Gasteiger charge is -2.21. The molecule has 0 aromatic carbocycles. The van der Waals surface area contributed by atoms with Crippen molar-refractivity contribution in [1.29, 1.82) is 0 Å². The van der Waals surface area contributed by atoms with Gasteiger partial charge in [-0.1, -0.05) is 43.4 Å². The molecule has 3 rings (SSSR count). The Kier molecular flexibility index (Phi) is 5.91. The third-order valence-corrected chi connectivity index (χ3v) is 5.57. The van der Waals surface area contributed by atoms with Crippen LogP contribution in [-0.4, -0.2) is 27.3 Å². The van der Waals surface area contributed by atoms with Crippen molar-refractivity contribution in [1.82, 2.24) is 15.0 Å². The summed E-state index contributed by atoms with van der Waals surface area (Å²) in [4.78, 5) is 25.6. The molecular weight excluding hydrogens is 320 g/mol. The smallest absolute Gasteiger partial charge is 0.224 e. The molecular formula is C18H24N4OS. The van der Waals surface area contributed by atoms with Crippen LogP contribution in [0.25, 0.3) is 0 Å². The van der Waals surface area contributed by atoms with Crippen molar-refractivity contribution in [2.24, 2.45) is 5.92 Å². The van der Waals surface area contributed by atoms with E-state index in [2.05, 4.69) is 20.3 Å². The number of thiazole rings is 1. The van der Waals surface area contributed by atoms with Gasteiger partial charge < -0.3 is 5.32 Å². The van der Waals surface area contributed by atoms with Crippen LogP contribution >= 0.6 is 11.3 Å². The lowest BCUT2D eigenvalue weighted by Crippen LogP contribution is -2.09. The quantitative estimate of drug-likeness (QED) is 0.601. The van der Waals surface area contributed by atoms with E-state index in [0.29, 0.717) is 16.3 Å². The number of nitrogens with zero attached hydrogens (tertiary/aromatic N) is 3. The third kappa shape index (κ3) is 4.38. The summed E-state index contributed by atoms with van der Waals surface area (Å²) in [5, 5.41) is 4.15. The minimum Gasteiger partial charge on any atom is -0.362 e. The second-order valence-electron chi connectivity index (χ2n) is 6.42. The third-order valence-electron chi connectivity index (χ3n) is 4.62. The van der Waals surface area contributed by atoms with Gasteiger partial charge in [-0.25, -0.2) is 9.97 Å². The number of ketones is 1. The predicted octanol–water partition coefficient (Wildman–Crippen LogP) is 4.24. The number of rotatable bonds is 7. The summed E-state index contributed by atoms with van der Waals surface area (Å²) in [6.45, 7) is 2.72. The van der Waals surface area contributed by atoms with Crippen LogP contribution in [0.1, 0.15) is 66.0 Å². The summed E-state index contributed by atoms with van der Waals surface area (Å²) in [6.07, 6.45) is 14.2. The Hall–Kier alpha value is -1.82. The zero-order valence-corrected chi connectivity index (χ0v) is 14.9. The average Bonchev–Trinajstić information content (AvgIpc) is 3.08. The minimum atomic E-state index is -0.103. The average molecular weight is 344 g/mol. The van der Waals surface area contributed by atoms with E-state index in [9.17, 15) is 4.79 Å². The van der Waals surface area contributed by atoms with E-state index in [1.54, 1.807) is 25.5 Å². The van der Waals surface area contributed by atoms with E-state index in [0.717, 1.165) is 24.0 Å². The van der Waals surface area contributed by atoms with E-state index in [4.69, 9.17) is 0 Å². The Balaban J connectivity index is 1.48. The summed E-state index contributed by atoms with van der Waals surface area (Å²) < 4.78 is 0. The van der Waals surface area contributed by atoms with Gasteiger partial charge >= 0.3 is 0 Å². The number of hydrogen-bond donors (Lipinski definition) is 1. The molecule has 1 fully saturated rings. The van der Waals surface area contributed by atoms with Crippen molar-refractivity contribution in [3.63, 3.8) is 0 Å². The van der Waals surface area contributed by atoms with Crippen molar-refractivity contribution in [2.45, 2.75) is 51.9 Å². The number of hydrogen-bond acceptors (Lipinski definition) is 6. The van der Waals surface area contributed by atoms with Gasteiger partial charge in [0.05, 0.1) is 16.8 Å². The topological polar surface area (TPSA) is 67.8 Å². The summed E-state index contributed by atoms with van der Waals surface area (Å²) in [7, 11) is 0. The molecule has 5 nitrogen and oxygen atoms in total. The fourth-order valence-electron chi connectivity index (χ4n) is 3.27. The van der Waals surface area contributed by atoms with Crippen molar-refractivity contribution in [3.05, 3.63) is 34.9 Å². The number of anilines is 1. The standard InChI is InChI=1S/C18H24N4OS/c1-13-16(20-11-10-19-13)17(23)15-12-22-18(24-15)21-9-5-8-14-6-3-2-4-7-14/h10-12,14H,2-9H2,1H3,(H,21,22). The fourth-order valence-corrected chi connectivity index (χ4v) is 4.05. The highest BCUT2D eigenvalue weighted by Gasteiger charge is 2.17. The maximum absolute atomic E-state index is 12.5. The van der Waals surface area contributed by atoms with Gasteiger partial charge in [0.2, 0.25) is 5.78 Å². The molecule has 1 aliphatic carbocycles. The molecule has 0 aliphatic heterocycles. The Bertz CT molecular complexity index is 679. The van der Waals surface area contributed by atoms with E-state index in [1.807, 2.05) is 0 Å².